The molecule has 0 aliphatic heterocycles. The maximum atomic E-state index is 10.5. The Labute approximate surface area is 78.7 Å². The molecule has 63 valence electrons. The van der Waals surface area contributed by atoms with E-state index in [-0.39, 0.29) is 5.69 Å². The van der Waals surface area contributed by atoms with Crippen LogP contribution in [0.1, 0.15) is 5.56 Å². The molecule has 1 radical (unpaired) electrons. The van der Waals surface area contributed by atoms with E-state index < -0.39 is 4.92 Å². The SMILES string of the molecule is [CH2]Cc1cc(Br)ccc1[N+](=O)[O-]. The third kappa shape index (κ3) is 1.82. The third-order valence-electron chi connectivity index (χ3n) is 1.51. The molecule has 0 saturated heterocycles. The van der Waals surface area contributed by atoms with Crippen molar-refractivity contribution in [2.45, 2.75) is 6.42 Å². The Bertz CT molecular complexity index is 312. The van der Waals surface area contributed by atoms with Crippen LogP contribution in [0, 0.1) is 17.0 Å². The summed E-state index contributed by atoms with van der Waals surface area (Å²) in [7, 11) is 0. The average Bonchev–Trinajstić information content (AvgIpc) is 2.03. The fourth-order valence-corrected chi connectivity index (χ4v) is 1.34. The zero-order chi connectivity index (χ0) is 9.14. The molecule has 0 spiro atoms. The summed E-state index contributed by atoms with van der Waals surface area (Å²) in [6.45, 7) is 3.61. The van der Waals surface area contributed by atoms with E-state index in [4.69, 9.17) is 0 Å². The van der Waals surface area contributed by atoms with Crippen LogP contribution in [0.25, 0.3) is 0 Å². The van der Waals surface area contributed by atoms with Gasteiger partial charge in [-0.1, -0.05) is 15.9 Å². The van der Waals surface area contributed by atoms with E-state index in [9.17, 15) is 10.1 Å². The molecule has 4 heteroatoms. The van der Waals surface area contributed by atoms with Gasteiger partial charge in [-0.05, 0) is 25.5 Å². The summed E-state index contributed by atoms with van der Waals surface area (Å²) in [6.07, 6.45) is 0.426. The van der Waals surface area contributed by atoms with E-state index in [1.165, 1.54) is 6.07 Å². The number of nitrogens with zero attached hydrogens (tertiary/aromatic N) is 1. The van der Waals surface area contributed by atoms with Crippen molar-refractivity contribution >= 4 is 21.6 Å². The van der Waals surface area contributed by atoms with Crippen LogP contribution < -0.4 is 0 Å². The number of benzene rings is 1. The maximum Gasteiger partial charge on any atom is 0.272 e. The van der Waals surface area contributed by atoms with Crippen molar-refractivity contribution in [3.8, 4) is 0 Å². The highest BCUT2D eigenvalue weighted by atomic mass is 79.9. The van der Waals surface area contributed by atoms with Gasteiger partial charge in [0.05, 0.1) is 4.92 Å². The van der Waals surface area contributed by atoms with E-state index in [2.05, 4.69) is 22.9 Å². The van der Waals surface area contributed by atoms with Crippen LogP contribution in [0.2, 0.25) is 0 Å². The smallest absolute Gasteiger partial charge is 0.258 e. The van der Waals surface area contributed by atoms with Crippen molar-refractivity contribution in [3.63, 3.8) is 0 Å². The molecule has 12 heavy (non-hydrogen) atoms. The lowest BCUT2D eigenvalue weighted by Crippen LogP contribution is -1.93. The molecule has 0 amide bonds. The molecule has 3 nitrogen and oxygen atoms in total. The zero-order valence-corrected chi connectivity index (χ0v) is 7.87. The molecule has 0 bridgehead atoms. The standard InChI is InChI=1S/C8H7BrNO2/c1-2-6-5-7(9)3-4-8(6)10(11)12/h3-5H,1-2H2. The van der Waals surface area contributed by atoms with Gasteiger partial charge in [0.1, 0.15) is 0 Å². The first-order chi connectivity index (χ1) is 5.65. The van der Waals surface area contributed by atoms with E-state index in [0.717, 1.165) is 4.47 Å². The van der Waals surface area contributed by atoms with Gasteiger partial charge < -0.3 is 0 Å². The second kappa shape index (κ2) is 3.67. The lowest BCUT2D eigenvalue weighted by Gasteiger charge is -1.98. The van der Waals surface area contributed by atoms with Crippen LogP contribution in [0.15, 0.2) is 22.7 Å². The number of hydrogen-bond donors (Lipinski definition) is 0. The summed E-state index contributed by atoms with van der Waals surface area (Å²) < 4.78 is 0.840. The summed E-state index contributed by atoms with van der Waals surface area (Å²) >= 11 is 3.24. The number of nitro groups is 1. The minimum atomic E-state index is -0.396. The third-order valence-corrected chi connectivity index (χ3v) is 2.00. The van der Waals surface area contributed by atoms with Gasteiger partial charge in [0.2, 0.25) is 0 Å². The molecule has 0 aliphatic carbocycles. The molecule has 0 fully saturated rings. The summed E-state index contributed by atoms with van der Waals surface area (Å²) in [5, 5.41) is 10.5. The van der Waals surface area contributed by atoms with Crippen LogP contribution in [-0.4, -0.2) is 4.92 Å². The van der Waals surface area contributed by atoms with Crippen LogP contribution in [0.4, 0.5) is 5.69 Å². The molecule has 1 rings (SSSR count). The lowest BCUT2D eigenvalue weighted by atomic mass is 10.1. The summed E-state index contributed by atoms with van der Waals surface area (Å²) in [4.78, 5) is 10.1. The van der Waals surface area contributed by atoms with Gasteiger partial charge in [-0.25, -0.2) is 0 Å². The monoisotopic (exact) mass is 228 g/mol. The van der Waals surface area contributed by atoms with Crippen LogP contribution in [-0.2, 0) is 6.42 Å². The molecular formula is C8H7BrNO2. The molecule has 0 aromatic heterocycles. The first-order valence-electron chi connectivity index (χ1n) is 3.37. The maximum absolute atomic E-state index is 10.5. The van der Waals surface area contributed by atoms with Crippen LogP contribution >= 0.6 is 15.9 Å². The van der Waals surface area contributed by atoms with Gasteiger partial charge in [-0.3, -0.25) is 10.1 Å². The van der Waals surface area contributed by atoms with E-state index in [0.29, 0.717) is 12.0 Å². The van der Waals surface area contributed by atoms with Gasteiger partial charge in [0.25, 0.3) is 5.69 Å². The number of nitro benzene ring substituents is 1. The Morgan fingerprint density at radius 2 is 2.25 bits per heavy atom. The van der Waals surface area contributed by atoms with Crippen molar-refractivity contribution < 1.29 is 4.92 Å². The van der Waals surface area contributed by atoms with Crippen molar-refractivity contribution in [2.75, 3.05) is 0 Å². The normalized spacial score (nSPS) is 9.83. The summed E-state index contributed by atoms with van der Waals surface area (Å²) in [6, 6.07) is 4.84. The Hall–Kier alpha value is -0.900. The van der Waals surface area contributed by atoms with E-state index >= 15 is 0 Å². The highest BCUT2D eigenvalue weighted by Crippen LogP contribution is 2.22. The van der Waals surface area contributed by atoms with Gasteiger partial charge in [-0.2, -0.15) is 0 Å². The molecular weight excluding hydrogens is 222 g/mol. The van der Waals surface area contributed by atoms with E-state index in [1.54, 1.807) is 12.1 Å². The molecule has 0 saturated carbocycles. The number of rotatable bonds is 2. The zero-order valence-electron chi connectivity index (χ0n) is 6.29. The van der Waals surface area contributed by atoms with Gasteiger partial charge in [0, 0.05) is 16.1 Å². The van der Waals surface area contributed by atoms with Crippen molar-refractivity contribution in [1.82, 2.24) is 0 Å². The predicted molar refractivity (Wildman–Crippen MR) is 49.9 cm³/mol. The van der Waals surface area contributed by atoms with Gasteiger partial charge in [0.15, 0.2) is 0 Å². The van der Waals surface area contributed by atoms with E-state index in [1.807, 2.05) is 0 Å². The highest BCUT2D eigenvalue weighted by molar-refractivity contribution is 9.10. The first kappa shape index (κ1) is 9.19. The fourth-order valence-electron chi connectivity index (χ4n) is 0.932. The molecule has 1 aromatic carbocycles. The molecule has 0 N–H and O–H groups in total. The molecule has 0 aliphatic rings. The van der Waals surface area contributed by atoms with Crippen LogP contribution in [0.3, 0.4) is 0 Å². The Balaban J connectivity index is 3.20. The lowest BCUT2D eigenvalue weighted by molar-refractivity contribution is -0.385. The number of hydrogen-bond acceptors (Lipinski definition) is 2. The topological polar surface area (TPSA) is 43.1 Å². The molecule has 1 aromatic rings. The van der Waals surface area contributed by atoms with Crippen LogP contribution in [0.5, 0.6) is 0 Å². The minimum absolute atomic E-state index is 0.133. The summed E-state index contributed by atoms with van der Waals surface area (Å²) in [5.41, 5.74) is 0.780. The Kier molecular flexibility index (Phi) is 2.81. The van der Waals surface area contributed by atoms with Gasteiger partial charge in [-0.15, -0.1) is 0 Å². The molecule has 0 unspecified atom stereocenters. The second-order valence-corrected chi connectivity index (χ2v) is 3.20. The van der Waals surface area contributed by atoms with Crippen molar-refractivity contribution in [1.29, 1.82) is 0 Å². The summed E-state index contributed by atoms with van der Waals surface area (Å²) in [5.74, 6) is 0. The first-order valence-corrected chi connectivity index (χ1v) is 4.16. The largest absolute Gasteiger partial charge is 0.272 e. The van der Waals surface area contributed by atoms with Gasteiger partial charge >= 0.3 is 0 Å². The van der Waals surface area contributed by atoms with Crippen molar-refractivity contribution in [3.05, 3.63) is 45.3 Å². The van der Waals surface area contributed by atoms with Crippen molar-refractivity contribution in [2.24, 2.45) is 0 Å². The fraction of sp³-hybridized carbons (Fsp3) is 0.125. The average molecular weight is 229 g/mol. The minimum Gasteiger partial charge on any atom is -0.258 e. The number of halogens is 1. The Morgan fingerprint density at radius 1 is 1.58 bits per heavy atom. The Morgan fingerprint density at radius 3 is 2.75 bits per heavy atom. The highest BCUT2D eigenvalue weighted by Gasteiger charge is 2.11. The second-order valence-electron chi connectivity index (χ2n) is 2.28. The molecule has 0 atom stereocenters. The predicted octanol–water partition coefficient (Wildman–Crippen LogP) is 2.73. The molecule has 0 heterocycles. The quantitative estimate of drug-likeness (QED) is 0.578.